The highest BCUT2D eigenvalue weighted by Crippen LogP contribution is 2.29. The van der Waals surface area contributed by atoms with Crippen molar-refractivity contribution < 1.29 is 4.79 Å². The van der Waals surface area contributed by atoms with Crippen LogP contribution in [0.1, 0.15) is 62.0 Å². The van der Waals surface area contributed by atoms with Crippen LogP contribution in [0.2, 0.25) is 0 Å². The lowest BCUT2D eigenvalue weighted by Crippen LogP contribution is -2.08. The fraction of sp³-hybridized carbons (Fsp3) is 0.360. The molecule has 0 aliphatic heterocycles. The molecular weight excluding hydrogens is 414 g/mol. The minimum absolute atomic E-state index is 0.00969. The molecule has 0 amide bonds. The van der Waals surface area contributed by atoms with Gasteiger partial charge >= 0.3 is 0 Å². The summed E-state index contributed by atoms with van der Waals surface area (Å²) in [5, 5.41) is 19.0. The van der Waals surface area contributed by atoms with Gasteiger partial charge in [-0.15, -0.1) is 15.3 Å². The highest BCUT2D eigenvalue weighted by Gasteiger charge is 2.17. The number of nitrogens with one attached hydrogen (secondary N) is 1. The number of benzene rings is 2. The number of hydrogen-bond acceptors (Lipinski definition) is 6. The smallest absolute Gasteiger partial charge is 0.217 e. The Balaban J connectivity index is 1.58. The van der Waals surface area contributed by atoms with E-state index >= 15 is 0 Å². The van der Waals surface area contributed by atoms with E-state index in [-0.39, 0.29) is 5.78 Å². The van der Waals surface area contributed by atoms with E-state index in [1.54, 1.807) is 0 Å². The monoisotopic (exact) mass is 443 g/mol. The van der Waals surface area contributed by atoms with Crippen molar-refractivity contribution in [1.82, 2.24) is 35.4 Å². The van der Waals surface area contributed by atoms with Gasteiger partial charge in [-0.2, -0.15) is 5.21 Å². The number of carbonyl (C=O) groups excluding carboxylic acids is 1. The van der Waals surface area contributed by atoms with Crippen molar-refractivity contribution in [3.63, 3.8) is 0 Å². The van der Waals surface area contributed by atoms with Crippen molar-refractivity contribution >= 4 is 5.78 Å². The van der Waals surface area contributed by atoms with E-state index in [1.165, 1.54) is 0 Å². The van der Waals surface area contributed by atoms with E-state index in [0.717, 1.165) is 47.3 Å². The number of aryl methyl sites for hydroxylation is 1. The van der Waals surface area contributed by atoms with E-state index in [9.17, 15) is 4.79 Å². The molecule has 4 rings (SSSR count). The first-order valence-electron chi connectivity index (χ1n) is 11.4. The molecule has 0 fully saturated rings. The van der Waals surface area contributed by atoms with Gasteiger partial charge < -0.3 is 0 Å². The molecule has 170 valence electrons. The van der Waals surface area contributed by atoms with Crippen LogP contribution in [0.15, 0.2) is 48.5 Å². The SMILES string of the molecule is CCCC(=O)c1nc(CCC(C)C)n(Cc2ccc(-c3ccccc3-c3nn[nH]n3)cc2)n1. The van der Waals surface area contributed by atoms with Gasteiger partial charge in [-0.3, -0.25) is 4.79 Å². The molecule has 0 radical (unpaired) electrons. The molecule has 0 aliphatic carbocycles. The number of aromatic amines is 1. The van der Waals surface area contributed by atoms with Crippen molar-refractivity contribution in [2.45, 2.75) is 53.0 Å². The number of rotatable bonds is 10. The fourth-order valence-electron chi connectivity index (χ4n) is 3.73. The predicted molar refractivity (Wildman–Crippen MR) is 127 cm³/mol. The first-order valence-corrected chi connectivity index (χ1v) is 11.4. The van der Waals surface area contributed by atoms with Crippen molar-refractivity contribution in [2.24, 2.45) is 5.92 Å². The zero-order valence-electron chi connectivity index (χ0n) is 19.3. The maximum Gasteiger partial charge on any atom is 0.217 e. The summed E-state index contributed by atoms with van der Waals surface area (Å²) in [5.74, 6) is 2.34. The Kier molecular flexibility index (Phi) is 7.02. The lowest BCUT2D eigenvalue weighted by molar-refractivity contribution is 0.0971. The topological polar surface area (TPSA) is 102 Å². The Bertz CT molecular complexity index is 1190. The predicted octanol–water partition coefficient (Wildman–Crippen LogP) is 4.74. The van der Waals surface area contributed by atoms with Gasteiger partial charge in [0.05, 0.1) is 6.54 Å². The lowest BCUT2D eigenvalue weighted by atomic mass is 9.98. The lowest BCUT2D eigenvalue weighted by Gasteiger charge is -2.10. The van der Waals surface area contributed by atoms with Gasteiger partial charge in [0.2, 0.25) is 17.4 Å². The van der Waals surface area contributed by atoms with Crippen molar-refractivity contribution in [3.8, 4) is 22.5 Å². The molecule has 0 saturated carbocycles. The normalized spacial score (nSPS) is 11.3. The molecule has 0 spiro atoms. The Morgan fingerprint density at radius 1 is 1.06 bits per heavy atom. The molecule has 0 saturated heterocycles. The van der Waals surface area contributed by atoms with Gasteiger partial charge in [-0.1, -0.05) is 69.3 Å². The molecule has 0 bridgehead atoms. The van der Waals surface area contributed by atoms with E-state index in [1.807, 2.05) is 35.9 Å². The van der Waals surface area contributed by atoms with Crippen LogP contribution < -0.4 is 0 Å². The largest absolute Gasteiger partial charge is 0.291 e. The van der Waals surface area contributed by atoms with Crippen molar-refractivity contribution in [1.29, 1.82) is 0 Å². The summed E-state index contributed by atoms with van der Waals surface area (Å²) in [7, 11) is 0. The van der Waals surface area contributed by atoms with Crippen LogP contribution in [-0.2, 0) is 13.0 Å². The van der Waals surface area contributed by atoms with Crippen molar-refractivity contribution in [3.05, 3.63) is 65.7 Å². The minimum Gasteiger partial charge on any atom is -0.291 e. The Morgan fingerprint density at radius 3 is 2.48 bits per heavy atom. The minimum atomic E-state index is 0.00969. The number of carbonyl (C=O) groups is 1. The molecule has 2 aromatic heterocycles. The van der Waals surface area contributed by atoms with Crippen molar-refractivity contribution in [2.75, 3.05) is 0 Å². The fourth-order valence-corrected chi connectivity index (χ4v) is 3.73. The van der Waals surface area contributed by atoms with Crippen LogP contribution in [0.4, 0.5) is 0 Å². The van der Waals surface area contributed by atoms with Gasteiger partial charge in [0.25, 0.3) is 0 Å². The molecule has 0 unspecified atom stereocenters. The Morgan fingerprint density at radius 2 is 1.82 bits per heavy atom. The summed E-state index contributed by atoms with van der Waals surface area (Å²) in [5.41, 5.74) is 4.12. The van der Waals surface area contributed by atoms with E-state index in [2.05, 4.69) is 68.8 Å². The molecule has 8 nitrogen and oxygen atoms in total. The van der Waals surface area contributed by atoms with Gasteiger partial charge in [-0.05, 0) is 40.7 Å². The standard InChI is InChI=1S/C25H29N7O/c1-4-7-22(33)25-26-23(15-10-17(2)3)32(29-25)16-18-11-13-19(14-12-18)20-8-5-6-9-21(20)24-27-30-31-28-24/h5-6,8-9,11-14,17H,4,7,10,15-16H2,1-3H3,(H,27,28,30,31). The zero-order chi connectivity index (χ0) is 23.2. The number of nitrogens with zero attached hydrogens (tertiary/aromatic N) is 6. The number of Topliss-reactive ketones (excluding diaryl/α,β-unsaturated/α-hetero) is 1. The van der Waals surface area contributed by atoms with Gasteiger partial charge in [0.15, 0.2) is 0 Å². The number of H-pyrrole nitrogens is 1. The summed E-state index contributed by atoms with van der Waals surface area (Å²) in [6, 6.07) is 16.3. The molecule has 1 N–H and O–H groups in total. The molecule has 33 heavy (non-hydrogen) atoms. The molecule has 0 aliphatic rings. The van der Waals surface area contributed by atoms with Crippen LogP contribution >= 0.6 is 0 Å². The van der Waals surface area contributed by atoms with Crippen LogP contribution in [0, 0.1) is 5.92 Å². The summed E-state index contributed by atoms with van der Waals surface area (Å²) in [4.78, 5) is 17.0. The number of ketones is 1. The summed E-state index contributed by atoms with van der Waals surface area (Å²) < 4.78 is 1.88. The Labute approximate surface area is 193 Å². The maximum absolute atomic E-state index is 12.4. The van der Waals surface area contributed by atoms with Crippen LogP contribution in [0.3, 0.4) is 0 Å². The third kappa shape index (κ3) is 5.39. The average molecular weight is 444 g/mol. The first-order chi connectivity index (χ1) is 16.0. The van der Waals surface area contributed by atoms with Crippen LogP contribution in [-0.4, -0.2) is 41.2 Å². The van der Waals surface area contributed by atoms with Crippen LogP contribution in [0.5, 0.6) is 0 Å². The zero-order valence-corrected chi connectivity index (χ0v) is 19.3. The second-order valence-corrected chi connectivity index (χ2v) is 8.59. The molecular formula is C25H29N7O. The second-order valence-electron chi connectivity index (χ2n) is 8.59. The summed E-state index contributed by atoms with van der Waals surface area (Å²) in [6.45, 7) is 6.95. The van der Waals surface area contributed by atoms with E-state index in [4.69, 9.17) is 0 Å². The van der Waals surface area contributed by atoms with Gasteiger partial charge in [-0.25, -0.2) is 9.67 Å². The molecule has 4 aromatic rings. The maximum atomic E-state index is 12.4. The summed E-state index contributed by atoms with van der Waals surface area (Å²) in [6.07, 6.45) is 3.08. The van der Waals surface area contributed by atoms with E-state index in [0.29, 0.717) is 30.5 Å². The number of hydrogen-bond donors (Lipinski definition) is 1. The molecule has 2 heterocycles. The average Bonchev–Trinajstić information content (AvgIpc) is 3.49. The van der Waals surface area contributed by atoms with E-state index < -0.39 is 0 Å². The second kappa shape index (κ2) is 10.3. The highest BCUT2D eigenvalue weighted by molar-refractivity contribution is 5.92. The quantitative estimate of drug-likeness (QED) is 0.355. The third-order valence-electron chi connectivity index (χ3n) is 5.53. The van der Waals surface area contributed by atoms with Gasteiger partial charge in [0, 0.05) is 18.4 Å². The third-order valence-corrected chi connectivity index (χ3v) is 5.53. The number of aromatic nitrogens is 7. The van der Waals surface area contributed by atoms with Crippen LogP contribution in [0.25, 0.3) is 22.5 Å². The summed E-state index contributed by atoms with van der Waals surface area (Å²) >= 11 is 0. The first kappa shape index (κ1) is 22.5. The van der Waals surface area contributed by atoms with Gasteiger partial charge in [0.1, 0.15) is 5.82 Å². The Hall–Kier alpha value is -3.68. The highest BCUT2D eigenvalue weighted by atomic mass is 16.1. The molecule has 2 aromatic carbocycles. The molecule has 8 heteroatoms. The molecule has 0 atom stereocenters. The number of tetrazole rings is 1.